The summed E-state index contributed by atoms with van der Waals surface area (Å²) in [5.41, 5.74) is 1.51. The van der Waals surface area contributed by atoms with Crippen LogP contribution in [0.1, 0.15) is 24.8 Å². The van der Waals surface area contributed by atoms with E-state index in [1.165, 1.54) is 12.1 Å². The Kier molecular flexibility index (Phi) is 4.75. The third-order valence-corrected chi connectivity index (χ3v) is 6.10. The Morgan fingerprint density at radius 1 is 1.00 bits per heavy atom. The standard InChI is InChI=1S/C19H20N2O5S/c22-19-3-1-2-10-21(19)15-5-7-16(8-6-15)27(23,24)20-12-14-4-9-17-18(11-14)26-13-25-17/h4-9,11,20H,1-3,10,12-13H2. The number of anilines is 1. The molecule has 0 saturated carbocycles. The quantitative estimate of drug-likeness (QED) is 0.850. The smallest absolute Gasteiger partial charge is 0.240 e. The molecule has 1 saturated heterocycles. The van der Waals surface area contributed by atoms with E-state index in [1.54, 1.807) is 35.2 Å². The molecule has 4 rings (SSSR count). The molecule has 1 N–H and O–H groups in total. The number of carbonyl (C=O) groups excluding carboxylic acids is 1. The van der Waals surface area contributed by atoms with Crippen molar-refractivity contribution in [1.82, 2.24) is 4.72 Å². The van der Waals surface area contributed by atoms with Crippen molar-refractivity contribution < 1.29 is 22.7 Å². The number of sulfonamides is 1. The highest BCUT2D eigenvalue weighted by atomic mass is 32.2. The van der Waals surface area contributed by atoms with Gasteiger partial charge in [-0.05, 0) is 54.8 Å². The first-order valence-electron chi connectivity index (χ1n) is 8.81. The van der Waals surface area contributed by atoms with Gasteiger partial charge in [0.2, 0.25) is 22.7 Å². The number of benzene rings is 2. The number of fused-ring (bicyclic) bond motifs is 1. The fraction of sp³-hybridized carbons (Fsp3) is 0.316. The lowest BCUT2D eigenvalue weighted by atomic mass is 10.1. The van der Waals surface area contributed by atoms with Crippen LogP contribution in [0.2, 0.25) is 0 Å². The molecule has 1 amide bonds. The van der Waals surface area contributed by atoms with E-state index in [2.05, 4.69) is 4.72 Å². The Bertz CT molecular complexity index is 957. The maximum Gasteiger partial charge on any atom is 0.240 e. The number of hydrogen-bond donors (Lipinski definition) is 1. The number of carbonyl (C=O) groups is 1. The third kappa shape index (κ3) is 3.77. The molecule has 8 heteroatoms. The Labute approximate surface area is 157 Å². The van der Waals surface area contributed by atoms with Crippen molar-refractivity contribution in [1.29, 1.82) is 0 Å². The van der Waals surface area contributed by atoms with E-state index >= 15 is 0 Å². The number of rotatable bonds is 5. The van der Waals surface area contributed by atoms with Crippen molar-refractivity contribution in [2.24, 2.45) is 0 Å². The van der Waals surface area contributed by atoms with Gasteiger partial charge in [0.25, 0.3) is 0 Å². The SMILES string of the molecule is O=C1CCCCN1c1ccc(S(=O)(=O)NCc2ccc3c(c2)OCO3)cc1. The maximum atomic E-state index is 12.5. The number of hydrogen-bond acceptors (Lipinski definition) is 5. The summed E-state index contributed by atoms with van der Waals surface area (Å²) in [5, 5.41) is 0. The van der Waals surface area contributed by atoms with Crippen molar-refractivity contribution in [2.75, 3.05) is 18.2 Å². The first-order valence-corrected chi connectivity index (χ1v) is 10.3. The molecule has 142 valence electrons. The Morgan fingerprint density at radius 2 is 1.78 bits per heavy atom. The second-order valence-corrected chi connectivity index (χ2v) is 8.28. The van der Waals surface area contributed by atoms with Crippen LogP contribution in [-0.2, 0) is 21.4 Å². The van der Waals surface area contributed by atoms with E-state index in [0.29, 0.717) is 24.5 Å². The van der Waals surface area contributed by atoms with Gasteiger partial charge in [0.1, 0.15) is 0 Å². The third-order valence-electron chi connectivity index (χ3n) is 4.69. The molecule has 0 aliphatic carbocycles. The van der Waals surface area contributed by atoms with Crippen LogP contribution >= 0.6 is 0 Å². The van der Waals surface area contributed by atoms with Gasteiger partial charge in [-0.25, -0.2) is 13.1 Å². The molecule has 0 bridgehead atoms. The first-order chi connectivity index (χ1) is 13.0. The summed E-state index contributed by atoms with van der Waals surface area (Å²) in [7, 11) is -3.66. The highest BCUT2D eigenvalue weighted by molar-refractivity contribution is 7.89. The summed E-state index contributed by atoms with van der Waals surface area (Å²) < 4.78 is 38.2. The molecule has 0 spiro atoms. The summed E-state index contributed by atoms with van der Waals surface area (Å²) in [5.74, 6) is 1.35. The van der Waals surface area contributed by atoms with Gasteiger partial charge in [-0.1, -0.05) is 6.07 Å². The number of ether oxygens (including phenoxy) is 2. The Balaban J connectivity index is 1.44. The molecule has 27 heavy (non-hydrogen) atoms. The van der Waals surface area contributed by atoms with Crippen LogP contribution in [0, 0.1) is 0 Å². The minimum absolute atomic E-state index is 0.0813. The molecule has 1 fully saturated rings. The zero-order chi connectivity index (χ0) is 18.9. The molecule has 2 aromatic rings. The highest BCUT2D eigenvalue weighted by Gasteiger charge is 2.21. The summed E-state index contributed by atoms with van der Waals surface area (Å²) in [6.45, 7) is 0.995. The van der Waals surface area contributed by atoms with Crippen LogP contribution in [0.5, 0.6) is 11.5 Å². The molecule has 0 unspecified atom stereocenters. The zero-order valence-corrected chi connectivity index (χ0v) is 15.5. The summed E-state index contributed by atoms with van der Waals surface area (Å²) >= 11 is 0. The minimum atomic E-state index is -3.66. The lowest BCUT2D eigenvalue weighted by molar-refractivity contribution is -0.119. The molecule has 0 aromatic heterocycles. The van der Waals surface area contributed by atoms with Crippen LogP contribution in [0.3, 0.4) is 0 Å². The molecule has 7 nitrogen and oxygen atoms in total. The predicted octanol–water partition coefficient (Wildman–Crippen LogP) is 2.41. The van der Waals surface area contributed by atoms with Crippen molar-refractivity contribution in [3.63, 3.8) is 0 Å². The molecule has 0 radical (unpaired) electrons. The molecule has 2 aromatic carbocycles. The lowest BCUT2D eigenvalue weighted by Gasteiger charge is -2.26. The minimum Gasteiger partial charge on any atom is -0.454 e. The van der Waals surface area contributed by atoms with Crippen molar-refractivity contribution in [3.05, 3.63) is 48.0 Å². The zero-order valence-electron chi connectivity index (χ0n) is 14.7. The summed E-state index contributed by atoms with van der Waals surface area (Å²) in [6, 6.07) is 11.7. The van der Waals surface area contributed by atoms with E-state index in [4.69, 9.17) is 9.47 Å². The van der Waals surface area contributed by atoms with E-state index in [0.717, 1.165) is 24.1 Å². The molecule has 2 heterocycles. The average Bonchev–Trinajstić information content (AvgIpc) is 3.15. The van der Waals surface area contributed by atoms with Crippen LogP contribution in [0.15, 0.2) is 47.4 Å². The summed E-state index contributed by atoms with van der Waals surface area (Å²) in [6.07, 6.45) is 2.41. The van der Waals surface area contributed by atoms with Gasteiger partial charge < -0.3 is 14.4 Å². The number of piperidine rings is 1. The second kappa shape index (κ2) is 7.21. The lowest BCUT2D eigenvalue weighted by Crippen LogP contribution is -2.35. The predicted molar refractivity (Wildman–Crippen MR) is 99.2 cm³/mol. The van der Waals surface area contributed by atoms with Crippen LogP contribution in [-0.4, -0.2) is 27.7 Å². The van der Waals surface area contributed by atoms with Gasteiger partial charge in [0, 0.05) is 25.2 Å². The molecular formula is C19H20N2O5S. The van der Waals surface area contributed by atoms with Crippen LogP contribution < -0.4 is 19.1 Å². The van der Waals surface area contributed by atoms with Gasteiger partial charge in [-0.2, -0.15) is 0 Å². The molecule has 2 aliphatic heterocycles. The number of nitrogens with zero attached hydrogens (tertiary/aromatic N) is 1. The van der Waals surface area contributed by atoms with Gasteiger partial charge in [0.15, 0.2) is 11.5 Å². The van der Waals surface area contributed by atoms with Gasteiger partial charge >= 0.3 is 0 Å². The maximum absolute atomic E-state index is 12.5. The Hall–Kier alpha value is -2.58. The second-order valence-electron chi connectivity index (χ2n) is 6.51. The monoisotopic (exact) mass is 388 g/mol. The van der Waals surface area contributed by atoms with Gasteiger partial charge in [0.05, 0.1) is 4.90 Å². The topological polar surface area (TPSA) is 84.9 Å². The van der Waals surface area contributed by atoms with Crippen molar-refractivity contribution in [3.8, 4) is 11.5 Å². The fourth-order valence-electron chi connectivity index (χ4n) is 3.20. The highest BCUT2D eigenvalue weighted by Crippen LogP contribution is 2.32. The van der Waals surface area contributed by atoms with Crippen LogP contribution in [0.4, 0.5) is 5.69 Å². The molecular weight excluding hydrogens is 368 g/mol. The normalized spacial score (nSPS) is 16.6. The summed E-state index contributed by atoms with van der Waals surface area (Å²) in [4.78, 5) is 13.9. The van der Waals surface area contributed by atoms with E-state index in [1.807, 2.05) is 0 Å². The van der Waals surface area contributed by atoms with Crippen molar-refractivity contribution in [2.45, 2.75) is 30.7 Å². The molecule has 2 aliphatic rings. The average molecular weight is 388 g/mol. The number of amides is 1. The molecule has 0 atom stereocenters. The van der Waals surface area contributed by atoms with E-state index < -0.39 is 10.0 Å². The van der Waals surface area contributed by atoms with E-state index in [-0.39, 0.29) is 24.1 Å². The van der Waals surface area contributed by atoms with Gasteiger partial charge in [-0.15, -0.1) is 0 Å². The van der Waals surface area contributed by atoms with Crippen molar-refractivity contribution >= 4 is 21.6 Å². The van der Waals surface area contributed by atoms with Crippen LogP contribution in [0.25, 0.3) is 0 Å². The largest absolute Gasteiger partial charge is 0.454 e. The van der Waals surface area contributed by atoms with E-state index in [9.17, 15) is 13.2 Å². The number of nitrogens with one attached hydrogen (secondary N) is 1. The Morgan fingerprint density at radius 3 is 2.56 bits per heavy atom. The first kappa shape index (κ1) is 17.8. The fourth-order valence-corrected chi connectivity index (χ4v) is 4.21. The van der Waals surface area contributed by atoms with Gasteiger partial charge in [-0.3, -0.25) is 4.79 Å².